The number of nitrogens with one attached hydrogen (secondary N) is 1. The highest BCUT2D eigenvalue weighted by Gasteiger charge is 2.51. The smallest absolute Gasteiger partial charge is 0.256 e. The van der Waals surface area contributed by atoms with Crippen molar-refractivity contribution in [3.8, 4) is 0 Å². The fourth-order valence-electron chi connectivity index (χ4n) is 4.99. The van der Waals surface area contributed by atoms with Gasteiger partial charge in [-0.05, 0) is 55.2 Å². The number of benzene rings is 1. The number of hydrogen-bond donors (Lipinski definition) is 1. The van der Waals surface area contributed by atoms with Gasteiger partial charge in [-0.1, -0.05) is 6.92 Å². The van der Waals surface area contributed by atoms with E-state index in [1.807, 2.05) is 38.1 Å². The first kappa shape index (κ1) is 25.3. The number of likely N-dealkylation sites (tertiary alicyclic amines) is 2. The van der Waals surface area contributed by atoms with E-state index in [1.54, 1.807) is 40.3 Å². The topological polar surface area (TPSA) is 103 Å². The molecular weight excluding hydrogens is 458 g/mol. The number of pyridine rings is 1. The summed E-state index contributed by atoms with van der Waals surface area (Å²) >= 11 is 0. The van der Waals surface area contributed by atoms with Crippen molar-refractivity contribution in [3.05, 3.63) is 59.9 Å². The lowest BCUT2D eigenvalue weighted by molar-refractivity contribution is -0.137. The Balaban J connectivity index is 1.26. The van der Waals surface area contributed by atoms with Crippen LogP contribution in [-0.4, -0.2) is 84.1 Å². The number of ketones is 1. The van der Waals surface area contributed by atoms with E-state index in [0.717, 1.165) is 5.69 Å². The molecule has 0 bridgehead atoms. The lowest BCUT2D eigenvalue weighted by Crippen LogP contribution is -2.44. The molecule has 0 radical (unpaired) electrons. The van der Waals surface area contributed by atoms with E-state index < -0.39 is 6.04 Å². The summed E-state index contributed by atoms with van der Waals surface area (Å²) in [5.41, 5.74) is 2.06. The second-order valence-electron chi connectivity index (χ2n) is 9.82. The van der Waals surface area contributed by atoms with Crippen LogP contribution in [0, 0.1) is 5.92 Å². The SMILES string of the molecule is CC(CCNC(=O)c1ccc(N(C)C)cc1)CC(=O)N1CCC2C1C(=O)CN2C(=O)c1cccnc1. The maximum absolute atomic E-state index is 13.1. The Morgan fingerprint density at radius 1 is 1.11 bits per heavy atom. The third-order valence-electron chi connectivity index (χ3n) is 7.00. The van der Waals surface area contributed by atoms with Gasteiger partial charge in [-0.2, -0.15) is 0 Å². The summed E-state index contributed by atoms with van der Waals surface area (Å²) in [7, 11) is 3.89. The Kier molecular flexibility index (Phi) is 7.67. The third kappa shape index (κ3) is 5.40. The van der Waals surface area contributed by atoms with Crippen LogP contribution in [0.4, 0.5) is 5.69 Å². The fourth-order valence-corrected chi connectivity index (χ4v) is 4.99. The average molecular weight is 492 g/mol. The summed E-state index contributed by atoms with van der Waals surface area (Å²) in [6.45, 7) is 2.91. The van der Waals surface area contributed by atoms with Crippen molar-refractivity contribution < 1.29 is 19.2 Å². The highest BCUT2D eigenvalue weighted by atomic mass is 16.2. The van der Waals surface area contributed by atoms with E-state index in [-0.39, 0.29) is 42.0 Å². The number of amides is 3. The Morgan fingerprint density at radius 2 is 1.86 bits per heavy atom. The molecule has 0 spiro atoms. The molecule has 2 aliphatic heterocycles. The molecule has 36 heavy (non-hydrogen) atoms. The minimum absolute atomic E-state index is 0.0178. The molecule has 3 heterocycles. The van der Waals surface area contributed by atoms with E-state index in [1.165, 1.54) is 6.20 Å². The molecule has 2 aliphatic rings. The minimum atomic E-state index is -0.574. The van der Waals surface area contributed by atoms with Crippen molar-refractivity contribution >= 4 is 29.2 Å². The standard InChI is InChI=1S/C27H33N5O4/c1-18(10-13-29-26(35)19-6-8-21(9-7-19)30(2)3)15-24(34)31-14-11-22-25(31)23(33)17-32(22)27(36)20-5-4-12-28-16-20/h4-9,12,16,18,22,25H,10-11,13-15,17H2,1-3H3,(H,29,35). The molecule has 3 amide bonds. The lowest BCUT2D eigenvalue weighted by Gasteiger charge is -2.25. The first-order chi connectivity index (χ1) is 17.3. The number of fused-ring (bicyclic) bond motifs is 1. The molecule has 3 atom stereocenters. The Bertz CT molecular complexity index is 1120. The second kappa shape index (κ2) is 10.9. The van der Waals surface area contributed by atoms with Crippen LogP contribution >= 0.6 is 0 Å². The Morgan fingerprint density at radius 3 is 2.53 bits per heavy atom. The molecule has 2 saturated heterocycles. The fraction of sp³-hybridized carbons (Fsp3) is 0.444. The van der Waals surface area contributed by atoms with Gasteiger partial charge >= 0.3 is 0 Å². The molecule has 1 aromatic carbocycles. The van der Waals surface area contributed by atoms with Crippen LogP contribution in [-0.2, 0) is 9.59 Å². The Labute approximate surface area is 211 Å². The predicted molar refractivity (Wildman–Crippen MR) is 136 cm³/mol. The first-order valence-corrected chi connectivity index (χ1v) is 12.3. The van der Waals surface area contributed by atoms with Gasteiger partial charge in [0.15, 0.2) is 5.78 Å². The molecule has 9 heteroatoms. The third-order valence-corrected chi connectivity index (χ3v) is 7.00. The van der Waals surface area contributed by atoms with E-state index in [0.29, 0.717) is 43.5 Å². The maximum atomic E-state index is 13.1. The van der Waals surface area contributed by atoms with Crippen molar-refractivity contribution in [3.63, 3.8) is 0 Å². The van der Waals surface area contributed by atoms with Gasteiger partial charge < -0.3 is 20.0 Å². The molecule has 1 N–H and O–H groups in total. The summed E-state index contributed by atoms with van der Waals surface area (Å²) in [5, 5.41) is 2.92. The Hall–Kier alpha value is -3.75. The maximum Gasteiger partial charge on any atom is 0.256 e. The number of carbonyl (C=O) groups is 4. The molecule has 4 rings (SSSR count). The molecule has 1 aromatic heterocycles. The van der Waals surface area contributed by atoms with E-state index in [9.17, 15) is 19.2 Å². The number of hydrogen-bond acceptors (Lipinski definition) is 6. The van der Waals surface area contributed by atoms with Crippen LogP contribution in [0.25, 0.3) is 0 Å². The summed E-state index contributed by atoms with van der Waals surface area (Å²) in [6.07, 6.45) is 4.62. The zero-order valence-corrected chi connectivity index (χ0v) is 21.0. The second-order valence-corrected chi connectivity index (χ2v) is 9.82. The van der Waals surface area contributed by atoms with Gasteiger partial charge in [0.25, 0.3) is 11.8 Å². The van der Waals surface area contributed by atoms with Crippen LogP contribution in [0.2, 0.25) is 0 Å². The molecule has 0 aliphatic carbocycles. The van der Waals surface area contributed by atoms with Crippen LogP contribution in [0.3, 0.4) is 0 Å². The van der Waals surface area contributed by atoms with Gasteiger partial charge in [-0.25, -0.2) is 0 Å². The van der Waals surface area contributed by atoms with E-state index in [2.05, 4.69) is 10.3 Å². The van der Waals surface area contributed by atoms with Gasteiger partial charge in [-0.15, -0.1) is 0 Å². The number of aromatic nitrogens is 1. The number of anilines is 1. The number of nitrogens with zero attached hydrogens (tertiary/aromatic N) is 4. The highest BCUT2D eigenvalue weighted by molar-refractivity contribution is 6.02. The summed E-state index contributed by atoms with van der Waals surface area (Å²) in [6, 6.07) is 9.90. The predicted octanol–water partition coefficient (Wildman–Crippen LogP) is 1.99. The largest absolute Gasteiger partial charge is 0.378 e. The molecule has 190 valence electrons. The first-order valence-electron chi connectivity index (χ1n) is 12.3. The minimum Gasteiger partial charge on any atom is -0.378 e. The quantitative estimate of drug-likeness (QED) is 0.606. The monoisotopic (exact) mass is 491 g/mol. The number of Topliss-reactive ketones (excluding diaryl/α,β-unsaturated/α-hetero) is 1. The normalized spacial score (nSPS) is 19.7. The van der Waals surface area contributed by atoms with E-state index in [4.69, 9.17) is 0 Å². The molecular formula is C27H33N5O4. The molecule has 2 aromatic rings. The van der Waals surface area contributed by atoms with Gasteiger partial charge in [0.05, 0.1) is 18.2 Å². The molecule has 9 nitrogen and oxygen atoms in total. The number of rotatable bonds is 8. The molecule has 2 fully saturated rings. The van der Waals surface area contributed by atoms with Crippen LogP contribution in [0.1, 0.15) is 46.9 Å². The van der Waals surface area contributed by atoms with Crippen LogP contribution < -0.4 is 10.2 Å². The van der Waals surface area contributed by atoms with Crippen molar-refractivity contribution in [2.75, 3.05) is 38.6 Å². The van der Waals surface area contributed by atoms with Gasteiger partial charge in [0.2, 0.25) is 5.91 Å². The number of carbonyl (C=O) groups excluding carboxylic acids is 4. The summed E-state index contributed by atoms with van der Waals surface area (Å²) < 4.78 is 0. The van der Waals surface area contributed by atoms with E-state index >= 15 is 0 Å². The average Bonchev–Trinajstić information content (AvgIpc) is 3.45. The summed E-state index contributed by atoms with van der Waals surface area (Å²) in [5.74, 6) is -0.500. The lowest BCUT2D eigenvalue weighted by atomic mass is 10.0. The van der Waals surface area contributed by atoms with Gasteiger partial charge in [0, 0.05) is 57.3 Å². The molecule has 3 unspecified atom stereocenters. The van der Waals surface area contributed by atoms with Gasteiger partial charge in [0.1, 0.15) is 6.04 Å². The van der Waals surface area contributed by atoms with Crippen molar-refractivity contribution in [1.29, 1.82) is 0 Å². The summed E-state index contributed by atoms with van der Waals surface area (Å²) in [4.78, 5) is 60.4. The molecule has 0 saturated carbocycles. The van der Waals surface area contributed by atoms with Crippen molar-refractivity contribution in [2.24, 2.45) is 5.92 Å². The van der Waals surface area contributed by atoms with Gasteiger partial charge in [-0.3, -0.25) is 24.2 Å². The van der Waals surface area contributed by atoms with Crippen LogP contribution in [0.5, 0.6) is 0 Å². The van der Waals surface area contributed by atoms with Crippen molar-refractivity contribution in [1.82, 2.24) is 20.1 Å². The van der Waals surface area contributed by atoms with Crippen molar-refractivity contribution in [2.45, 2.75) is 38.3 Å². The zero-order chi connectivity index (χ0) is 25.8. The zero-order valence-electron chi connectivity index (χ0n) is 21.0. The van der Waals surface area contributed by atoms with Crippen LogP contribution in [0.15, 0.2) is 48.8 Å². The highest BCUT2D eigenvalue weighted by Crippen LogP contribution is 2.31.